The Morgan fingerprint density at radius 1 is 1.12 bits per heavy atom. The zero-order chi connectivity index (χ0) is 22.2. The number of likely N-dealkylation sites (N-methyl/N-ethyl adjacent to an activating group) is 1. The number of carbonyl (C=O) groups excluding carboxylic acids is 2. The van der Waals surface area contributed by atoms with Gasteiger partial charge in [0.25, 0.3) is 0 Å². The number of carbonyl (C=O) groups is 2. The number of para-hydroxylation sites is 1. The van der Waals surface area contributed by atoms with Crippen LogP contribution in [-0.4, -0.2) is 82.4 Å². The molecule has 3 aliphatic heterocycles. The average Bonchev–Trinajstić information content (AvgIpc) is 3.52. The lowest BCUT2D eigenvalue weighted by Crippen LogP contribution is -2.49. The van der Waals surface area contributed by atoms with E-state index in [1.165, 1.54) is 16.5 Å². The number of rotatable bonds is 5. The topological polar surface area (TPSA) is 60.8 Å². The quantitative estimate of drug-likeness (QED) is 0.777. The second-order valence-corrected chi connectivity index (χ2v) is 9.74. The highest BCUT2D eigenvalue weighted by molar-refractivity contribution is 5.85. The fourth-order valence-corrected chi connectivity index (χ4v) is 6.01. The molecule has 32 heavy (non-hydrogen) atoms. The summed E-state index contributed by atoms with van der Waals surface area (Å²) in [6, 6.07) is 8.73. The first-order chi connectivity index (χ1) is 15.5. The number of nitrogens with zero attached hydrogens (tertiary/aromatic N) is 4. The zero-order valence-electron chi connectivity index (χ0n) is 19.3. The number of amides is 2. The van der Waals surface area contributed by atoms with Crippen molar-refractivity contribution in [2.45, 2.75) is 56.8 Å². The van der Waals surface area contributed by atoms with Crippen molar-refractivity contribution in [2.75, 3.05) is 33.2 Å². The van der Waals surface area contributed by atoms with E-state index in [4.69, 9.17) is 0 Å². The molecule has 3 aliphatic rings. The third-order valence-electron chi connectivity index (χ3n) is 7.85. The van der Waals surface area contributed by atoms with Gasteiger partial charge in [-0.05, 0) is 44.4 Å². The van der Waals surface area contributed by atoms with Crippen LogP contribution < -0.4 is 5.32 Å². The Morgan fingerprint density at radius 3 is 2.72 bits per heavy atom. The van der Waals surface area contributed by atoms with Crippen molar-refractivity contribution >= 4 is 22.7 Å². The van der Waals surface area contributed by atoms with E-state index in [-0.39, 0.29) is 29.9 Å². The molecule has 4 heterocycles. The van der Waals surface area contributed by atoms with Crippen LogP contribution in [0.25, 0.3) is 10.9 Å². The van der Waals surface area contributed by atoms with Crippen molar-refractivity contribution in [1.82, 2.24) is 24.6 Å². The number of aryl methyl sites for hydroxylation is 1. The Hall–Kier alpha value is -2.38. The second kappa shape index (κ2) is 8.87. The predicted octanol–water partition coefficient (Wildman–Crippen LogP) is 1.95. The van der Waals surface area contributed by atoms with Gasteiger partial charge in [0.05, 0.1) is 0 Å². The van der Waals surface area contributed by atoms with Crippen molar-refractivity contribution in [3.05, 3.63) is 36.0 Å². The molecule has 1 aromatic carbocycles. The summed E-state index contributed by atoms with van der Waals surface area (Å²) in [6.07, 6.45) is 6.81. The highest BCUT2D eigenvalue weighted by Gasteiger charge is 2.45. The molecule has 0 saturated carbocycles. The molecule has 1 N–H and O–H groups in total. The molecule has 0 unspecified atom stereocenters. The van der Waals surface area contributed by atoms with Gasteiger partial charge in [0, 0.05) is 75.4 Å². The van der Waals surface area contributed by atoms with Gasteiger partial charge in [-0.1, -0.05) is 18.2 Å². The Kier molecular flexibility index (Phi) is 5.95. The minimum Gasteiger partial charge on any atom is -0.353 e. The normalized spacial score (nSPS) is 27.0. The summed E-state index contributed by atoms with van der Waals surface area (Å²) in [5.41, 5.74) is 2.50. The predicted molar refractivity (Wildman–Crippen MR) is 125 cm³/mol. The molecule has 5 rings (SSSR count). The molecule has 0 aliphatic carbocycles. The lowest BCUT2D eigenvalue weighted by molar-refractivity contribution is -0.130. The Balaban J connectivity index is 1.28. The number of likely N-dealkylation sites (tertiary alicyclic amines) is 2. The van der Waals surface area contributed by atoms with E-state index in [2.05, 4.69) is 64.2 Å². The molecule has 1 aromatic heterocycles. The van der Waals surface area contributed by atoms with E-state index in [1.807, 2.05) is 4.90 Å². The van der Waals surface area contributed by atoms with Gasteiger partial charge in [0.15, 0.2) is 0 Å². The van der Waals surface area contributed by atoms with Gasteiger partial charge < -0.3 is 14.8 Å². The highest BCUT2D eigenvalue weighted by Crippen LogP contribution is 2.30. The maximum absolute atomic E-state index is 13.1. The average molecular weight is 438 g/mol. The fraction of sp³-hybridized carbons (Fsp3) is 0.600. The Bertz CT molecular complexity index is 995. The molecule has 3 atom stereocenters. The Labute approximate surface area is 190 Å². The van der Waals surface area contributed by atoms with Crippen LogP contribution in [0.4, 0.5) is 0 Å². The molecule has 172 valence electrons. The maximum Gasteiger partial charge on any atom is 0.239 e. The van der Waals surface area contributed by atoms with E-state index in [9.17, 15) is 9.59 Å². The van der Waals surface area contributed by atoms with Gasteiger partial charge in [-0.15, -0.1) is 0 Å². The first-order valence-corrected chi connectivity index (χ1v) is 12.1. The number of benzene rings is 1. The summed E-state index contributed by atoms with van der Waals surface area (Å²) < 4.78 is 2.17. The van der Waals surface area contributed by atoms with Crippen LogP contribution in [0.1, 0.15) is 37.7 Å². The molecular formula is C25H35N5O2. The van der Waals surface area contributed by atoms with Gasteiger partial charge >= 0.3 is 0 Å². The standard InChI is InChI=1S/C25H35N5O2/c1-27-16-18(20-7-3-4-8-21(20)27)17-30-14-11-22-24(30)25(32)26-15-19(28(22)2)9-10-23(31)29-12-5-6-13-29/h3-4,7-8,16,19,22,24H,5-6,9-15,17H2,1-2H3,(H,26,32)/t19-,22+,24-/m0/s1. The van der Waals surface area contributed by atoms with Crippen molar-refractivity contribution in [3.8, 4) is 0 Å². The number of hydrogen-bond acceptors (Lipinski definition) is 4. The number of fused-ring (bicyclic) bond motifs is 2. The molecule has 0 spiro atoms. The van der Waals surface area contributed by atoms with E-state index in [0.717, 1.165) is 51.9 Å². The molecule has 0 radical (unpaired) electrons. The first kappa shape index (κ1) is 21.5. The summed E-state index contributed by atoms with van der Waals surface area (Å²) in [7, 11) is 4.23. The second-order valence-electron chi connectivity index (χ2n) is 9.74. The summed E-state index contributed by atoms with van der Waals surface area (Å²) >= 11 is 0. The lowest BCUT2D eigenvalue weighted by atomic mass is 10.0. The molecule has 7 nitrogen and oxygen atoms in total. The van der Waals surface area contributed by atoms with Gasteiger partial charge in [0.1, 0.15) is 6.04 Å². The monoisotopic (exact) mass is 437 g/mol. The van der Waals surface area contributed by atoms with Crippen molar-refractivity contribution in [2.24, 2.45) is 7.05 Å². The van der Waals surface area contributed by atoms with E-state index in [1.54, 1.807) is 0 Å². The van der Waals surface area contributed by atoms with Crippen LogP contribution in [0.5, 0.6) is 0 Å². The highest BCUT2D eigenvalue weighted by atomic mass is 16.2. The number of aromatic nitrogens is 1. The minimum absolute atomic E-state index is 0.132. The largest absolute Gasteiger partial charge is 0.353 e. The molecule has 3 fully saturated rings. The Morgan fingerprint density at radius 2 is 1.91 bits per heavy atom. The third kappa shape index (κ3) is 3.92. The van der Waals surface area contributed by atoms with Crippen LogP contribution in [0.2, 0.25) is 0 Å². The molecule has 7 heteroatoms. The fourth-order valence-electron chi connectivity index (χ4n) is 6.01. The van der Waals surface area contributed by atoms with Crippen LogP contribution in [0.3, 0.4) is 0 Å². The van der Waals surface area contributed by atoms with Crippen LogP contribution >= 0.6 is 0 Å². The molecule has 2 aromatic rings. The van der Waals surface area contributed by atoms with Crippen LogP contribution in [0.15, 0.2) is 30.5 Å². The summed E-state index contributed by atoms with van der Waals surface area (Å²) in [5, 5.41) is 4.46. The minimum atomic E-state index is -0.141. The lowest BCUT2D eigenvalue weighted by Gasteiger charge is -2.33. The zero-order valence-corrected chi connectivity index (χ0v) is 19.3. The molecule has 3 saturated heterocycles. The van der Waals surface area contributed by atoms with E-state index in [0.29, 0.717) is 13.0 Å². The first-order valence-electron chi connectivity index (χ1n) is 12.1. The van der Waals surface area contributed by atoms with Gasteiger partial charge in [-0.25, -0.2) is 0 Å². The third-order valence-corrected chi connectivity index (χ3v) is 7.85. The van der Waals surface area contributed by atoms with Gasteiger partial charge in [-0.3, -0.25) is 19.4 Å². The summed E-state index contributed by atoms with van der Waals surface area (Å²) in [5.74, 6) is 0.403. The number of hydrogen-bond donors (Lipinski definition) is 1. The summed E-state index contributed by atoms with van der Waals surface area (Å²) in [6.45, 7) is 4.13. The van der Waals surface area contributed by atoms with Crippen molar-refractivity contribution < 1.29 is 9.59 Å². The van der Waals surface area contributed by atoms with Crippen molar-refractivity contribution in [1.29, 1.82) is 0 Å². The molecule has 2 amide bonds. The van der Waals surface area contributed by atoms with Gasteiger partial charge in [-0.2, -0.15) is 0 Å². The van der Waals surface area contributed by atoms with Crippen molar-refractivity contribution in [3.63, 3.8) is 0 Å². The summed E-state index contributed by atoms with van der Waals surface area (Å²) in [4.78, 5) is 32.4. The SMILES string of the molecule is CN1[C@@H](CCC(=O)N2CCCC2)CNC(=O)[C@@H]2[C@H]1CCN2Cc1cn(C)c2ccccc12. The van der Waals surface area contributed by atoms with Crippen LogP contribution in [0, 0.1) is 0 Å². The smallest absolute Gasteiger partial charge is 0.239 e. The molecule has 0 bridgehead atoms. The number of nitrogens with one attached hydrogen (secondary N) is 1. The van der Waals surface area contributed by atoms with E-state index >= 15 is 0 Å². The maximum atomic E-state index is 13.1. The van der Waals surface area contributed by atoms with Crippen LogP contribution in [-0.2, 0) is 23.2 Å². The van der Waals surface area contributed by atoms with E-state index < -0.39 is 0 Å². The van der Waals surface area contributed by atoms with Gasteiger partial charge in [0.2, 0.25) is 11.8 Å². The molecular weight excluding hydrogens is 402 g/mol.